The standard InChI is InChI=1S/C13H11ClN4O/c14-12-11(19)4-8(5-16-12)7-1-2-10-9(3-7)13(15)18-6-17-10/h1-6,13,19H,15H2,(H,17,18). The van der Waals surface area contributed by atoms with Crippen LogP contribution in [0.3, 0.4) is 0 Å². The highest BCUT2D eigenvalue weighted by molar-refractivity contribution is 6.30. The fraction of sp³-hybridized carbons (Fsp3) is 0.0769. The second-order valence-corrected chi connectivity index (χ2v) is 4.57. The Labute approximate surface area is 114 Å². The van der Waals surface area contributed by atoms with Crippen molar-refractivity contribution in [3.63, 3.8) is 0 Å². The number of rotatable bonds is 1. The van der Waals surface area contributed by atoms with E-state index in [2.05, 4.69) is 15.3 Å². The monoisotopic (exact) mass is 274 g/mol. The predicted molar refractivity (Wildman–Crippen MR) is 74.6 cm³/mol. The zero-order chi connectivity index (χ0) is 13.4. The summed E-state index contributed by atoms with van der Waals surface area (Å²) >= 11 is 5.70. The zero-order valence-corrected chi connectivity index (χ0v) is 10.6. The summed E-state index contributed by atoms with van der Waals surface area (Å²) in [6.45, 7) is 0. The van der Waals surface area contributed by atoms with Crippen LogP contribution in [0.2, 0.25) is 5.15 Å². The van der Waals surface area contributed by atoms with E-state index in [9.17, 15) is 5.11 Å². The van der Waals surface area contributed by atoms with E-state index >= 15 is 0 Å². The first-order chi connectivity index (χ1) is 9.15. The molecule has 96 valence electrons. The molecule has 19 heavy (non-hydrogen) atoms. The van der Waals surface area contributed by atoms with Gasteiger partial charge in [-0.15, -0.1) is 0 Å². The Hall–Kier alpha value is -2.11. The van der Waals surface area contributed by atoms with Crippen LogP contribution >= 0.6 is 11.6 Å². The number of nitrogens with two attached hydrogens (primary N) is 1. The molecule has 0 bridgehead atoms. The Bertz CT molecular complexity index is 672. The van der Waals surface area contributed by atoms with E-state index in [1.807, 2.05) is 18.2 Å². The molecule has 1 aromatic carbocycles. The van der Waals surface area contributed by atoms with Crippen LogP contribution in [0.15, 0.2) is 35.5 Å². The fourth-order valence-electron chi connectivity index (χ4n) is 1.97. The lowest BCUT2D eigenvalue weighted by Gasteiger charge is -2.19. The lowest BCUT2D eigenvalue weighted by molar-refractivity contribution is 0.473. The van der Waals surface area contributed by atoms with Crippen LogP contribution in [0.4, 0.5) is 5.69 Å². The van der Waals surface area contributed by atoms with Crippen molar-refractivity contribution < 1.29 is 5.11 Å². The van der Waals surface area contributed by atoms with Crippen molar-refractivity contribution in [1.82, 2.24) is 10.3 Å². The molecule has 0 saturated heterocycles. The molecule has 1 aromatic heterocycles. The first kappa shape index (κ1) is 12.0. The minimum atomic E-state index is -0.290. The third-order valence-electron chi connectivity index (χ3n) is 2.97. The van der Waals surface area contributed by atoms with E-state index in [1.165, 1.54) is 0 Å². The molecule has 1 unspecified atom stereocenters. The number of hydrogen-bond donors (Lipinski definition) is 3. The Kier molecular flexibility index (Phi) is 2.85. The summed E-state index contributed by atoms with van der Waals surface area (Å²) in [6.07, 6.45) is 2.90. The van der Waals surface area contributed by atoms with Crippen LogP contribution in [0.25, 0.3) is 11.1 Å². The highest BCUT2D eigenvalue weighted by atomic mass is 35.5. The number of benzene rings is 1. The maximum Gasteiger partial charge on any atom is 0.170 e. The minimum Gasteiger partial charge on any atom is -0.505 e. The number of halogens is 1. The molecule has 0 fully saturated rings. The molecule has 0 aliphatic carbocycles. The number of aromatic hydroxyl groups is 1. The number of aliphatic imine (C=N–C) groups is 1. The van der Waals surface area contributed by atoms with E-state index in [4.69, 9.17) is 17.3 Å². The van der Waals surface area contributed by atoms with E-state index in [1.54, 1.807) is 18.6 Å². The summed E-state index contributed by atoms with van der Waals surface area (Å²) in [7, 11) is 0. The molecule has 5 nitrogen and oxygen atoms in total. The van der Waals surface area contributed by atoms with Crippen LogP contribution in [0.5, 0.6) is 5.75 Å². The van der Waals surface area contributed by atoms with Gasteiger partial charge in [0.25, 0.3) is 0 Å². The minimum absolute atomic E-state index is 0.0441. The van der Waals surface area contributed by atoms with Crippen molar-refractivity contribution in [2.24, 2.45) is 10.7 Å². The Morgan fingerprint density at radius 2 is 2.11 bits per heavy atom. The van der Waals surface area contributed by atoms with Gasteiger partial charge in [0.2, 0.25) is 0 Å². The molecule has 1 aliphatic heterocycles. The maximum atomic E-state index is 9.60. The zero-order valence-electron chi connectivity index (χ0n) is 9.84. The molecule has 1 atom stereocenters. The number of aromatic nitrogens is 1. The van der Waals surface area contributed by atoms with Crippen LogP contribution in [0.1, 0.15) is 11.7 Å². The second-order valence-electron chi connectivity index (χ2n) is 4.21. The lowest BCUT2D eigenvalue weighted by atomic mass is 10.0. The molecular formula is C13H11ClN4O. The number of nitrogens with zero attached hydrogens (tertiary/aromatic N) is 2. The van der Waals surface area contributed by atoms with E-state index < -0.39 is 0 Å². The van der Waals surface area contributed by atoms with Gasteiger partial charge in [0.15, 0.2) is 10.9 Å². The third-order valence-corrected chi connectivity index (χ3v) is 3.27. The summed E-state index contributed by atoms with van der Waals surface area (Å²) in [5, 5.41) is 12.6. The van der Waals surface area contributed by atoms with Crippen LogP contribution in [0, 0.1) is 0 Å². The molecule has 0 amide bonds. The number of pyridine rings is 1. The lowest BCUT2D eigenvalue weighted by Crippen LogP contribution is -2.29. The van der Waals surface area contributed by atoms with Crippen LogP contribution in [-0.2, 0) is 0 Å². The van der Waals surface area contributed by atoms with Gasteiger partial charge in [0.1, 0.15) is 6.17 Å². The smallest absolute Gasteiger partial charge is 0.170 e. The van der Waals surface area contributed by atoms with Crippen molar-refractivity contribution >= 4 is 23.6 Å². The first-order valence-electron chi connectivity index (χ1n) is 5.68. The largest absolute Gasteiger partial charge is 0.505 e. The normalized spacial score (nSPS) is 16.8. The number of fused-ring (bicyclic) bond motifs is 1. The Morgan fingerprint density at radius 3 is 2.89 bits per heavy atom. The molecule has 1 aliphatic rings. The Morgan fingerprint density at radius 1 is 1.26 bits per heavy atom. The van der Waals surface area contributed by atoms with Crippen molar-refractivity contribution in [3.8, 4) is 16.9 Å². The molecule has 0 radical (unpaired) electrons. The van der Waals surface area contributed by atoms with Gasteiger partial charge >= 0.3 is 0 Å². The third kappa shape index (κ3) is 2.14. The molecule has 3 rings (SSSR count). The van der Waals surface area contributed by atoms with Crippen molar-refractivity contribution in [3.05, 3.63) is 41.2 Å². The van der Waals surface area contributed by atoms with Gasteiger partial charge in [-0.2, -0.15) is 0 Å². The highest BCUT2D eigenvalue weighted by Crippen LogP contribution is 2.32. The average molecular weight is 275 g/mol. The van der Waals surface area contributed by atoms with Crippen molar-refractivity contribution in [1.29, 1.82) is 0 Å². The Balaban J connectivity index is 2.09. The highest BCUT2D eigenvalue weighted by Gasteiger charge is 2.14. The van der Waals surface area contributed by atoms with Gasteiger partial charge in [0, 0.05) is 17.3 Å². The molecule has 2 aromatic rings. The fourth-order valence-corrected chi connectivity index (χ4v) is 2.08. The maximum absolute atomic E-state index is 9.60. The molecule has 0 saturated carbocycles. The van der Waals surface area contributed by atoms with Gasteiger partial charge in [0.05, 0.1) is 12.0 Å². The first-order valence-corrected chi connectivity index (χ1v) is 6.06. The molecule has 2 heterocycles. The predicted octanol–water partition coefficient (Wildman–Crippen LogP) is 2.33. The second kappa shape index (κ2) is 4.53. The summed E-state index contributed by atoms with van der Waals surface area (Å²) in [4.78, 5) is 8.13. The summed E-state index contributed by atoms with van der Waals surface area (Å²) in [5.41, 5.74) is 9.36. The van der Waals surface area contributed by atoms with Crippen molar-refractivity contribution in [2.75, 3.05) is 0 Å². The van der Waals surface area contributed by atoms with Crippen molar-refractivity contribution in [2.45, 2.75) is 6.17 Å². The topological polar surface area (TPSA) is 83.5 Å². The van der Waals surface area contributed by atoms with Crippen LogP contribution < -0.4 is 11.1 Å². The summed E-state index contributed by atoms with van der Waals surface area (Å²) in [5.74, 6) is -0.0441. The molecule has 6 heteroatoms. The average Bonchev–Trinajstić information content (AvgIpc) is 2.42. The van der Waals surface area contributed by atoms with E-state index in [-0.39, 0.29) is 17.1 Å². The SMILES string of the molecule is NC1NC=Nc2ccc(-c3cnc(Cl)c(O)c3)cc21. The van der Waals surface area contributed by atoms with Gasteiger partial charge in [-0.25, -0.2) is 9.98 Å². The summed E-state index contributed by atoms with van der Waals surface area (Å²) in [6, 6.07) is 7.28. The quantitative estimate of drug-likeness (QED) is 0.697. The molecule has 0 spiro atoms. The summed E-state index contributed by atoms with van der Waals surface area (Å²) < 4.78 is 0. The van der Waals surface area contributed by atoms with Gasteiger partial charge in [-0.05, 0) is 23.8 Å². The number of hydrogen-bond acceptors (Lipinski definition) is 5. The molecule has 4 N–H and O–H groups in total. The number of nitrogens with one attached hydrogen (secondary N) is 1. The van der Waals surface area contributed by atoms with E-state index in [0.29, 0.717) is 0 Å². The van der Waals surface area contributed by atoms with Gasteiger partial charge < -0.3 is 16.2 Å². The molecular weight excluding hydrogens is 264 g/mol. The van der Waals surface area contributed by atoms with Gasteiger partial charge in [-0.1, -0.05) is 17.7 Å². The van der Waals surface area contributed by atoms with E-state index in [0.717, 1.165) is 22.4 Å². The van der Waals surface area contributed by atoms with Gasteiger partial charge in [-0.3, -0.25) is 0 Å². The van der Waals surface area contributed by atoms with Crippen LogP contribution in [-0.4, -0.2) is 16.4 Å².